The van der Waals surface area contributed by atoms with E-state index in [2.05, 4.69) is 5.10 Å². The number of ether oxygens (including phenoxy) is 1. The fraction of sp³-hybridized carbons (Fsp3) is 0.190. The Morgan fingerprint density at radius 1 is 1.07 bits per heavy atom. The molecule has 3 aromatic rings. The first-order valence-corrected chi connectivity index (χ1v) is 9.17. The number of aromatic nitrogens is 2. The molecule has 1 aromatic heterocycles. The average molecular weight is 398 g/mol. The summed E-state index contributed by atoms with van der Waals surface area (Å²) in [6, 6.07) is 19.5. The molecule has 0 radical (unpaired) electrons. The van der Waals surface area contributed by atoms with Crippen LogP contribution in [0.15, 0.2) is 71.5 Å². The van der Waals surface area contributed by atoms with Crippen molar-refractivity contribution in [3.05, 3.63) is 93.4 Å². The summed E-state index contributed by atoms with van der Waals surface area (Å²) in [7, 11) is 1.66. The molecule has 0 saturated carbocycles. The van der Waals surface area contributed by atoms with Gasteiger partial charge in [-0.05, 0) is 23.8 Å². The van der Waals surface area contributed by atoms with Crippen molar-refractivity contribution in [2.45, 2.75) is 6.54 Å². The number of hydrogen-bond acceptors (Lipinski definition) is 4. The van der Waals surface area contributed by atoms with Crippen molar-refractivity contribution in [1.29, 1.82) is 0 Å². The Bertz CT molecular complexity index is 1010. The third-order valence-electron chi connectivity index (χ3n) is 4.13. The summed E-state index contributed by atoms with van der Waals surface area (Å²) >= 11 is 6.05. The predicted octanol–water partition coefficient (Wildman–Crippen LogP) is 3.10. The van der Waals surface area contributed by atoms with Gasteiger partial charge < -0.3 is 9.64 Å². The summed E-state index contributed by atoms with van der Waals surface area (Å²) in [5.41, 5.74) is 0.879. The number of likely N-dealkylation sites (N-methyl/N-ethyl adjacent to an activating group) is 1. The standard InChI is InChI=1S/C21H20ClN3O3/c1-24(13-14-28-19-10-6-5-9-17(19)22)21(27)18-11-12-20(26)25(23-18)15-16-7-3-2-4-8-16/h2-12H,13-15H2,1H3. The minimum absolute atomic E-state index is 0.204. The van der Waals surface area contributed by atoms with E-state index in [1.165, 1.54) is 21.7 Å². The molecule has 0 aliphatic heterocycles. The molecule has 0 aliphatic rings. The Labute approximate surface area is 167 Å². The number of rotatable bonds is 7. The van der Waals surface area contributed by atoms with Crippen LogP contribution in [0.1, 0.15) is 16.1 Å². The Morgan fingerprint density at radius 3 is 2.54 bits per heavy atom. The fourth-order valence-corrected chi connectivity index (χ4v) is 2.77. The second kappa shape index (κ2) is 9.19. The van der Waals surface area contributed by atoms with Crippen molar-refractivity contribution in [2.24, 2.45) is 0 Å². The van der Waals surface area contributed by atoms with Crippen molar-refractivity contribution in [3.63, 3.8) is 0 Å². The van der Waals surface area contributed by atoms with E-state index < -0.39 is 0 Å². The van der Waals surface area contributed by atoms with Crippen LogP contribution in [0.3, 0.4) is 0 Å². The third kappa shape index (κ3) is 4.98. The van der Waals surface area contributed by atoms with E-state index in [0.29, 0.717) is 23.9 Å². The highest BCUT2D eigenvalue weighted by Crippen LogP contribution is 2.22. The van der Waals surface area contributed by atoms with Crippen LogP contribution >= 0.6 is 11.6 Å². The normalized spacial score (nSPS) is 10.5. The SMILES string of the molecule is CN(CCOc1ccccc1Cl)C(=O)c1ccc(=O)n(Cc2ccccc2)n1. The van der Waals surface area contributed by atoms with Gasteiger partial charge in [0.25, 0.3) is 11.5 Å². The highest BCUT2D eigenvalue weighted by atomic mass is 35.5. The van der Waals surface area contributed by atoms with Crippen molar-refractivity contribution in [1.82, 2.24) is 14.7 Å². The largest absolute Gasteiger partial charge is 0.490 e. The minimum Gasteiger partial charge on any atom is -0.490 e. The monoisotopic (exact) mass is 397 g/mol. The predicted molar refractivity (Wildman–Crippen MR) is 108 cm³/mol. The highest BCUT2D eigenvalue weighted by Gasteiger charge is 2.15. The van der Waals surface area contributed by atoms with E-state index in [0.717, 1.165) is 5.56 Å². The van der Waals surface area contributed by atoms with Gasteiger partial charge in [0, 0.05) is 13.1 Å². The van der Waals surface area contributed by atoms with Gasteiger partial charge >= 0.3 is 0 Å². The number of halogens is 1. The maximum atomic E-state index is 12.6. The first kappa shape index (κ1) is 19.6. The van der Waals surface area contributed by atoms with Crippen molar-refractivity contribution < 1.29 is 9.53 Å². The summed E-state index contributed by atoms with van der Waals surface area (Å²) < 4.78 is 6.90. The number of nitrogens with zero attached hydrogens (tertiary/aromatic N) is 3. The zero-order chi connectivity index (χ0) is 19.9. The number of carbonyl (C=O) groups is 1. The van der Waals surface area contributed by atoms with Crippen LogP contribution in [0.5, 0.6) is 5.75 Å². The Kier molecular flexibility index (Phi) is 6.45. The van der Waals surface area contributed by atoms with Crippen LogP contribution in [0.4, 0.5) is 0 Å². The molecule has 2 aromatic carbocycles. The summed E-state index contributed by atoms with van der Waals surface area (Å²) in [5.74, 6) is 0.282. The molecular formula is C21H20ClN3O3. The van der Waals surface area contributed by atoms with Crippen molar-refractivity contribution in [3.8, 4) is 5.75 Å². The Balaban J connectivity index is 1.64. The summed E-state index contributed by atoms with van der Waals surface area (Å²) in [6.07, 6.45) is 0. The van der Waals surface area contributed by atoms with E-state index in [1.807, 2.05) is 42.5 Å². The zero-order valence-corrected chi connectivity index (χ0v) is 16.2. The molecule has 0 fully saturated rings. The topological polar surface area (TPSA) is 64.4 Å². The molecule has 0 atom stereocenters. The lowest BCUT2D eigenvalue weighted by atomic mass is 10.2. The van der Waals surface area contributed by atoms with Crippen molar-refractivity contribution >= 4 is 17.5 Å². The molecule has 144 valence electrons. The van der Waals surface area contributed by atoms with E-state index in [4.69, 9.17) is 16.3 Å². The highest BCUT2D eigenvalue weighted by molar-refractivity contribution is 6.32. The van der Waals surface area contributed by atoms with E-state index >= 15 is 0 Å². The Morgan fingerprint density at radius 2 is 1.79 bits per heavy atom. The van der Waals surface area contributed by atoms with E-state index in [-0.39, 0.29) is 23.8 Å². The van der Waals surface area contributed by atoms with Crippen LogP contribution in [0, 0.1) is 0 Å². The smallest absolute Gasteiger partial charge is 0.274 e. The quantitative estimate of drug-likeness (QED) is 0.614. The summed E-state index contributed by atoms with van der Waals surface area (Å²) in [4.78, 5) is 26.2. The van der Waals surface area contributed by atoms with Gasteiger partial charge in [0.2, 0.25) is 0 Å². The molecule has 0 spiro atoms. The lowest BCUT2D eigenvalue weighted by molar-refractivity contribution is 0.0765. The van der Waals surface area contributed by atoms with Gasteiger partial charge in [0.05, 0.1) is 18.1 Å². The molecule has 0 saturated heterocycles. The van der Waals surface area contributed by atoms with Crippen LogP contribution in [0.2, 0.25) is 5.02 Å². The first-order valence-electron chi connectivity index (χ1n) is 8.79. The first-order chi connectivity index (χ1) is 13.5. The van der Waals surface area contributed by atoms with Crippen LogP contribution in [-0.4, -0.2) is 40.8 Å². The molecule has 0 N–H and O–H groups in total. The maximum absolute atomic E-state index is 12.6. The second-order valence-electron chi connectivity index (χ2n) is 6.21. The summed E-state index contributed by atoms with van der Waals surface area (Å²) in [5, 5.41) is 4.74. The maximum Gasteiger partial charge on any atom is 0.274 e. The van der Waals surface area contributed by atoms with Gasteiger partial charge in [-0.3, -0.25) is 9.59 Å². The number of benzene rings is 2. The lowest BCUT2D eigenvalue weighted by Gasteiger charge is -2.17. The number of amides is 1. The van der Waals surface area contributed by atoms with Crippen LogP contribution in [-0.2, 0) is 6.54 Å². The fourth-order valence-electron chi connectivity index (χ4n) is 2.58. The zero-order valence-electron chi connectivity index (χ0n) is 15.4. The number of para-hydroxylation sites is 1. The van der Waals surface area contributed by atoms with Gasteiger partial charge in [-0.25, -0.2) is 4.68 Å². The minimum atomic E-state index is -0.287. The van der Waals surface area contributed by atoms with Gasteiger partial charge in [-0.2, -0.15) is 5.10 Å². The average Bonchev–Trinajstić information content (AvgIpc) is 2.71. The molecule has 0 aliphatic carbocycles. The number of carbonyl (C=O) groups excluding carboxylic acids is 1. The van der Waals surface area contributed by atoms with Crippen molar-refractivity contribution in [2.75, 3.05) is 20.2 Å². The molecule has 7 heteroatoms. The summed E-state index contributed by atoms with van der Waals surface area (Å²) in [6.45, 7) is 0.944. The number of hydrogen-bond donors (Lipinski definition) is 0. The van der Waals surface area contributed by atoms with Crippen LogP contribution < -0.4 is 10.3 Å². The van der Waals surface area contributed by atoms with Crippen LogP contribution in [0.25, 0.3) is 0 Å². The van der Waals surface area contributed by atoms with Gasteiger partial charge in [-0.15, -0.1) is 0 Å². The van der Waals surface area contributed by atoms with Gasteiger partial charge in [-0.1, -0.05) is 54.1 Å². The lowest BCUT2D eigenvalue weighted by Crippen LogP contribution is -2.33. The second-order valence-corrected chi connectivity index (χ2v) is 6.61. The molecule has 0 unspecified atom stereocenters. The Hall–Kier alpha value is -3.12. The third-order valence-corrected chi connectivity index (χ3v) is 4.44. The van der Waals surface area contributed by atoms with Gasteiger partial charge in [0.15, 0.2) is 0 Å². The van der Waals surface area contributed by atoms with E-state index in [9.17, 15) is 9.59 Å². The molecule has 1 heterocycles. The molecular weight excluding hydrogens is 378 g/mol. The van der Waals surface area contributed by atoms with Gasteiger partial charge in [0.1, 0.15) is 18.1 Å². The molecule has 6 nitrogen and oxygen atoms in total. The molecule has 3 rings (SSSR count). The van der Waals surface area contributed by atoms with E-state index in [1.54, 1.807) is 19.2 Å². The molecule has 28 heavy (non-hydrogen) atoms. The molecule has 0 bridgehead atoms. The molecule has 1 amide bonds.